The third-order valence-corrected chi connectivity index (χ3v) is 2.40. The summed E-state index contributed by atoms with van der Waals surface area (Å²) in [6, 6.07) is 2.42. The summed E-state index contributed by atoms with van der Waals surface area (Å²) in [4.78, 5) is 25.6. The summed E-state index contributed by atoms with van der Waals surface area (Å²) in [7, 11) is 0. The van der Waals surface area contributed by atoms with Gasteiger partial charge in [-0.05, 0) is 26.3 Å². The Bertz CT molecular complexity index is 460. The minimum Gasteiger partial charge on any atom is -0.481 e. The average Bonchev–Trinajstić information content (AvgIpc) is 2.26. The van der Waals surface area contributed by atoms with Crippen LogP contribution >= 0.6 is 0 Å². The quantitative estimate of drug-likeness (QED) is 0.782. The molecule has 1 rings (SSSR count). The molecule has 0 aliphatic rings. The number of nitrogens with zero attached hydrogens (tertiary/aromatic N) is 1. The predicted molar refractivity (Wildman–Crippen MR) is 62.6 cm³/mol. The van der Waals surface area contributed by atoms with Gasteiger partial charge in [-0.25, -0.2) is 4.98 Å². The van der Waals surface area contributed by atoms with Gasteiger partial charge in [0.2, 0.25) is 5.95 Å². The van der Waals surface area contributed by atoms with Gasteiger partial charge in [-0.2, -0.15) is 4.39 Å². The van der Waals surface area contributed by atoms with Crippen molar-refractivity contribution in [3.8, 4) is 0 Å². The van der Waals surface area contributed by atoms with Crippen LogP contribution in [-0.4, -0.2) is 27.5 Å². The molecule has 0 saturated heterocycles. The monoisotopic (exact) mass is 254 g/mol. The number of hydrogen-bond donors (Lipinski definition) is 2. The smallest absolute Gasteiger partial charge is 0.303 e. The zero-order valence-corrected chi connectivity index (χ0v) is 10.2. The predicted octanol–water partition coefficient (Wildman–Crippen LogP) is 1.59. The number of aliphatic carboxylic acids is 1. The summed E-state index contributed by atoms with van der Waals surface area (Å²) in [5, 5.41) is 11.3. The highest BCUT2D eigenvalue weighted by atomic mass is 19.1. The first-order valence-electron chi connectivity index (χ1n) is 5.46. The molecule has 0 saturated carbocycles. The zero-order valence-electron chi connectivity index (χ0n) is 10.2. The standard InChI is InChI=1S/C12H15FN2O3/c1-12(2,5-3-10(16)17)15-11(18)8-4-6-14-9(13)7-8/h4,6-7H,3,5H2,1-2H3,(H,15,18)(H,16,17). The molecule has 0 aliphatic heterocycles. The summed E-state index contributed by atoms with van der Waals surface area (Å²) < 4.78 is 12.8. The number of hydrogen-bond acceptors (Lipinski definition) is 3. The fourth-order valence-electron chi connectivity index (χ4n) is 1.41. The van der Waals surface area contributed by atoms with Gasteiger partial charge in [0.05, 0.1) is 0 Å². The fraction of sp³-hybridized carbons (Fsp3) is 0.417. The first kappa shape index (κ1) is 14.1. The van der Waals surface area contributed by atoms with Crippen molar-refractivity contribution in [1.29, 1.82) is 0 Å². The van der Waals surface area contributed by atoms with E-state index in [1.807, 2.05) is 0 Å². The molecule has 2 N–H and O–H groups in total. The van der Waals surface area contributed by atoms with Crippen LogP contribution in [0, 0.1) is 5.95 Å². The summed E-state index contributed by atoms with van der Waals surface area (Å²) in [6.07, 6.45) is 1.45. The third-order valence-electron chi connectivity index (χ3n) is 2.40. The first-order chi connectivity index (χ1) is 8.30. The highest BCUT2D eigenvalue weighted by molar-refractivity contribution is 5.94. The van der Waals surface area contributed by atoms with Crippen molar-refractivity contribution in [2.24, 2.45) is 0 Å². The number of carboxylic acids is 1. The van der Waals surface area contributed by atoms with Crippen molar-refractivity contribution in [3.05, 3.63) is 29.8 Å². The van der Waals surface area contributed by atoms with Crippen LogP contribution in [0.25, 0.3) is 0 Å². The van der Waals surface area contributed by atoms with Gasteiger partial charge in [0.15, 0.2) is 0 Å². The lowest BCUT2D eigenvalue weighted by molar-refractivity contribution is -0.137. The molecule has 1 aromatic rings. The van der Waals surface area contributed by atoms with Gasteiger partial charge in [-0.3, -0.25) is 9.59 Å². The van der Waals surface area contributed by atoms with E-state index >= 15 is 0 Å². The Hall–Kier alpha value is -1.98. The number of halogens is 1. The Morgan fingerprint density at radius 1 is 1.50 bits per heavy atom. The van der Waals surface area contributed by atoms with E-state index in [0.717, 1.165) is 6.07 Å². The molecule has 0 radical (unpaired) electrons. The van der Waals surface area contributed by atoms with E-state index in [1.165, 1.54) is 12.3 Å². The maximum Gasteiger partial charge on any atom is 0.303 e. The van der Waals surface area contributed by atoms with Gasteiger partial charge >= 0.3 is 5.97 Å². The zero-order chi connectivity index (χ0) is 13.8. The Balaban J connectivity index is 2.66. The molecule has 5 nitrogen and oxygen atoms in total. The molecular formula is C12H15FN2O3. The van der Waals surface area contributed by atoms with E-state index in [2.05, 4.69) is 10.3 Å². The van der Waals surface area contributed by atoms with Crippen molar-refractivity contribution < 1.29 is 19.1 Å². The van der Waals surface area contributed by atoms with E-state index < -0.39 is 23.4 Å². The summed E-state index contributed by atoms with van der Waals surface area (Å²) in [5.74, 6) is -2.11. The van der Waals surface area contributed by atoms with Crippen LogP contribution in [0.3, 0.4) is 0 Å². The fourth-order valence-corrected chi connectivity index (χ4v) is 1.41. The molecule has 0 spiro atoms. The molecule has 0 atom stereocenters. The van der Waals surface area contributed by atoms with Crippen LogP contribution in [-0.2, 0) is 4.79 Å². The normalized spacial score (nSPS) is 11.1. The molecular weight excluding hydrogens is 239 g/mol. The van der Waals surface area contributed by atoms with Gasteiger partial charge < -0.3 is 10.4 Å². The van der Waals surface area contributed by atoms with Crippen molar-refractivity contribution >= 4 is 11.9 Å². The lowest BCUT2D eigenvalue weighted by Gasteiger charge is -2.25. The number of nitrogens with one attached hydrogen (secondary N) is 1. The number of carbonyl (C=O) groups is 2. The molecule has 0 unspecified atom stereocenters. The Morgan fingerprint density at radius 2 is 2.17 bits per heavy atom. The second-order valence-corrected chi connectivity index (χ2v) is 4.60. The number of pyridine rings is 1. The van der Waals surface area contributed by atoms with Crippen molar-refractivity contribution in [1.82, 2.24) is 10.3 Å². The van der Waals surface area contributed by atoms with Crippen LogP contribution in [0.1, 0.15) is 37.0 Å². The molecule has 0 bridgehead atoms. The van der Waals surface area contributed by atoms with Gasteiger partial charge in [0.25, 0.3) is 5.91 Å². The summed E-state index contributed by atoms with van der Waals surface area (Å²) >= 11 is 0. The lowest BCUT2D eigenvalue weighted by atomic mass is 9.98. The molecule has 1 heterocycles. The number of carbonyl (C=O) groups excluding carboxylic acids is 1. The van der Waals surface area contributed by atoms with Gasteiger partial charge in [0, 0.05) is 29.8 Å². The Labute approximate surface area is 104 Å². The topological polar surface area (TPSA) is 79.3 Å². The number of rotatable bonds is 5. The van der Waals surface area contributed by atoms with Crippen LogP contribution < -0.4 is 5.32 Å². The van der Waals surface area contributed by atoms with Crippen LogP contribution in [0.4, 0.5) is 4.39 Å². The highest BCUT2D eigenvalue weighted by Gasteiger charge is 2.22. The maximum atomic E-state index is 12.8. The van der Waals surface area contributed by atoms with Crippen LogP contribution in [0.5, 0.6) is 0 Å². The minimum atomic E-state index is -0.924. The van der Waals surface area contributed by atoms with Gasteiger partial charge in [0.1, 0.15) is 0 Å². The lowest BCUT2D eigenvalue weighted by Crippen LogP contribution is -2.43. The minimum absolute atomic E-state index is 0.0437. The number of amides is 1. The van der Waals surface area contributed by atoms with E-state index in [-0.39, 0.29) is 12.0 Å². The van der Waals surface area contributed by atoms with Crippen molar-refractivity contribution in [3.63, 3.8) is 0 Å². The maximum absolute atomic E-state index is 12.8. The Morgan fingerprint density at radius 3 is 2.72 bits per heavy atom. The molecule has 18 heavy (non-hydrogen) atoms. The SMILES string of the molecule is CC(C)(CCC(=O)O)NC(=O)c1ccnc(F)c1. The summed E-state index contributed by atoms with van der Waals surface area (Å²) in [5.41, 5.74) is -0.513. The number of aromatic nitrogens is 1. The molecule has 0 aliphatic carbocycles. The molecule has 1 aromatic heterocycles. The molecule has 6 heteroatoms. The molecule has 0 fully saturated rings. The van der Waals surface area contributed by atoms with E-state index in [9.17, 15) is 14.0 Å². The largest absolute Gasteiger partial charge is 0.481 e. The first-order valence-corrected chi connectivity index (χ1v) is 5.46. The van der Waals surface area contributed by atoms with Crippen LogP contribution in [0.15, 0.2) is 18.3 Å². The van der Waals surface area contributed by atoms with Crippen molar-refractivity contribution in [2.75, 3.05) is 0 Å². The highest BCUT2D eigenvalue weighted by Crippen LogP contribution is 2.12. The molecule has 0 aromatic carbocycles. The van der Waals surface area contributed by atoms with Gasteiger partial charge in [-0.15, -0.1) is 0 Å². The summed E-state index contributed by atoms with van der Waals surface area (Å²) in [6.45, 7) is 3.43. The second kappa shape index (κ2) is 5.57. The second-order valence-electron chi connectivity index (χ2n) is 4.60. The Kier molecular flexibility index (Phi) is 4.36. The van der Waals surface area contributed by atoms with Gasteiger partial charge in [-0.1, -0.05) is 0 Å². The van der Waals surface area contributed by atoms with E-state index in [1.54, 1.807) is 13.8 Å². The van der Waals surface area contributed by atoms with Crippen LogP contribution in [0.2, 0.25) is 0 Å². The molecule has 1 amide bonds. The van der Waals surface area contributed by atoms with Crippen molar-refractivity contribution in [2.45, 2.75) is 32.2 Å². The molecule has 98 valence electrons. The van der Waals surface area contributed by atoms with E-state index in [0.29, 0.717) is 6.42 Å². The number of carboxylic acid groups (broad SMARTS) is 1. The average molecular weight is 254 g/mol. The van der Waals surface area contributed by atoms with E-state index in [4.69, 9.17) is 5.11 Å². The third kappa shape index (κ3) is 4.48.